The Balaban J connectivity index is 0. The molecule has 12 nitrogen and oxygen atoms in total. The standard InChI is InChI=1S/C12H17N3O3.C10H11ClN2O3.C4H11N.CH4/c1-8-5-10(15(17)18)6-9(2)12(8)13-11(16)7-14(3)4;1-6-3-8(13(15)16)4-7(2)10(6)12-9(14)5-11;1-3-5-4-2;/h5-6H,7H2,1-4H3,(H,13,16);3-4H,5H2,1-2H3,(H,12,14);5H,3-4H2,1-2H3;1H4. The average Bonchev–Trinajstić information content (AvgIpc) is 2.84. The highest BCUT2D eigenvalue weighted by molar-refractivity contribution is 6.29. The number of likely N-dealkylation sites (N-methyl/N-ethyl adjacent to an activating group) is 1. The Morgan fingerprint density at radius 2 is 1.10 bits per heavy atom. The third-order valence-corrected chi connectivity index (χ3v) is 5.31. The number of hydrogen-bond donors (Lipinski definition) is 3. The topological polar surface area (TPSA) is 160 Å². The van der Waals surface area contributed by atoms with Crippen molar-refractivity contribution in [3.63, 3.8) is 0 Å². The summed E-state index contributed by atoms with van der Waals surface area (Å²) in [5.41, 5.74) is 3.94. The summed E-state index contributed by atoms with van der Waals surface area (Å²) in [6, 6.07) is 5.74. The fourth-order valence-corrected chi connectivity index (χ4v) is 3.44. The minimum atomic E-state index is -0.465. The maximum Gasteiger partial charge on any atom is 0.270 e. The largest absolute Gasteiger partial charge is 0.325 e. The van der Waals surface area contributed by atoms with Crippen molar-refractivity contribution in [2.75, 3.05) is 50.2 Å². The third kappa shape index (κ3) is 14.0. The van der Waals surface area contributed by atoms with E-state index in [1.165, 1.54) is 24.3 Å². The summed E-state index contributed by atoms with van der Waals surface area (Å²) >= 11 is 5.37. The molecule has 0 radical (unpaired) electrons. The van der Waals surface area contributed by atoms with Crippen LogP contribution >= 0.6 is 11.6 Å². The first-order valence-corrected chi connectivity index (χ1v) is 12.7. The highest BCUT2D eigenvalue weighted by Crippen LogP contribution is 2.27. The summed E-state index contributed by atoms with van der Waals surface area (Å²) in [5, 5.41) is 29.8. The number of nitro groups is 2. The number of nitrogens with zero attached hydrogens (tertiary/aromatic N) is 3. The molecule has 2 rings (SSSR count). The van der Waals surface area contributed by atoms with E-state index in [1.807, 2.05) is 0 Å². The van der Waals surface area contributed by atoms with Crippen molar-refractivity contribution in [3.05, 3.63) is 66.7 Å². The van der Waals surface area contributed by atoms with Crippen LogP contribution in [0.5, 0.6) is 0 Å². The molecule has 0 spiro atoms. The lowest BCUT2D eigenvalue weighted by Gasteiger charge is -2.14. The first-order valence-electron chi connectivity index (χ1n) is 12.2. The lowest BCUT2D eigenvalue weighted by Crippen LogP contribution is -2.27. The Bertz CT molecular complexity index is 1110. The van der Waals surface area contributed by atoms with E-state index in [2.05, 4.69) is 29.8 Å². The number of non-ortho nitro benzene ring substituents is 2. The van der Waals surface area contributed by atoms with Crippen molar-refractivity contribution < 1.29 is 19.4 Å². The minimum Gasteiger partial charge on any atom is -0.325 e. The SMILES string of the molecule is C.CCNCC.Cc1cc([N+](=O)[O-])cc(C)c1NC(=O)CCl.Cc1cc([N+](=O)[O-])cc(C)c1NC(=O)CN(C)C. The van der Waals surface area contributed by atoms with Gasteiger partial charge in [-0.2, -0.15) is 0 Å². The van der Waals surface area contributed by atoms with Crippen molar-refractivity contribution in [1.29, 1.82) is 0 Å². The maximum absolute atomic E-state index is 11.7. The Kier molecular flexibility index (Phi) is 18.7. The van der Waals surface area contributed by atoms with Gasteiger partial charge in [0.15, 0.2) is 0 Å². The van der Waals surface area contributed by atoms with E-state index in [9.17, 15) is 29.8 Å². The lowest BCUT2D eigenvalue weighted by molar-refractivity contribution is -0.385. The Labute approximate surface area is 241 Å². The summed E-state index contributed by atoms with van der Waals surface area (Å²) in [6.45, 7) is 13.5. The molecule has 0 heterocycles. The fourth-order valence-electron chi connectivity index (χ4n) is 3.38. The normalized spacial score (nSPS) is 9.75. The van der Waals surface area contributed by atoms with Gasteiger partial charge in [-0.3, -0.25) is 29.8 Å². The summed E-state index contributed by atoms with van der Waals surface area (Å²) in [5.74, 6) is -0.614. The molecule has 0 fully saturated rings. The van der Waals surface area contributed by atoms with E-state index in [4.69, 9.17) is 11.6 Å². The van der Waals surface area contributed by atoms with Gasteiger partial charge in [0.05, 0.1) is 16.4 Å². The van der Waals surface area contributed by atoms with Crippen LogP contribution in [0, 0.1) is 47.9 Å². The molecule has 13 heteroatoms. The van der Waals surface area contributed by atoms with Gasteiger partial charge in [-0.05, 0) is 77.1 Å². The molecule has 0 aliphatic rings. The van der Waals surface area contributed by atoms with Crippen LogP contribution in [0.2, 0.25) is 0 Å². The number of rotatable bonds is 9. The molecule has 0 aromatic heterocycles. The Morgan fingerprint density at radius 1 is 0.775 bits per heavy atom. The second-order valence-corrected chi connectivity index (χ2v) is 9.12. The predicted octanol–water partition coefficient (Wildman–Crippen LogP) is 5.35. The van der Waals surface area contributed by atoms with Crippen LogP contribution in [0.15, 0.2) is 24.3 Å². The molecule has 0 atom stereocenters. The zero-order valence-corrected chi connectivity index (χ0v) is 24.6. The van der Waals surface area contributed by atoms with E-state index >= 15 is 0 Å². The number of carbonyl (C=O) groups excluding carboxylic acids is 2. The Morgan fingerprint density at radius 3 is 1.32 bits per heavy atom. The molecule has 2 amide bonds. The van der Waals surface area contributed by atoms with Gasteiger partial charge in [-0.25, -0.2) is 0 Å². The van der Waals surface area contributed by atoms with E-state index in [0.717, 1.165) is 13.1 Å². The number of halogens is 1. The first kappa shape index (κ1) is 38.5. The van der Waals surface area contributed by atoms with Crippen LogP contribution in [0.3, 0.4) is 0 Å². The van der Waals surface area contributed by atoms with E-state index in [0.29, 0.717) is 33.6 Å². The Hall–Kier alpha value is -3.61. The zero-order valence-electron chi connectivity index (χ0n) is 23.8. The van der Waals surface area contributed by atoms with Gasteiger partial charge < -0.3 is 20.9 Å². The summed E-state index contributed by atoms with van der Waals surface area (Å²) in [7, 11) is 3.60. The van der Waals surface area contributed by atoms with Gasteiger partial charge in [0.1, 0.15) is 5.88 Å². The number of aryl methyl sites for hydroxylation is 4. The second-order valence-electron chi connectivity index (χ2n) is 8.85. The highest BCUT2D eigenvalue weighted by atomic mass is 35.5. The first-order chi connectivity index (χ1) is 18.2. The molecule has 0 saturated carbocycles. The van der Waals surface area contributed by atoms with E-state index < -0.39 is 9.85 Å². The molecule has 0 aliphatic carbocycles. The number of benzene rings is 2. The van der Waals surface area contributed by atoms with Crippen LogP contribution in [0.25, 0.3) is 0 Å². The lowest BCUT2D eigenvalue weighted by atomic mass is 10.1. The summed E-state index contributed by atoms with van der Waals surface area (Å²) in [4.78, 5) is 44.9. The third-order valence-electron chi connectivity index (χ3n) is 5.07. The van der Waals surface area contributed by atoms with Crippen LogP contribution in [-0.2, 0) is 9.59 Å². The molecule has 2 aromatic carbocycles. The molecule has 224 valence electrons. The number of anilines is 2. The van der Waals surface area contributed by atoms with Gasteiger partial charge in [0.25, 0.3) is 11.4 Å². The number of nitro benzene ring substituents is 2. The second kappa shape index (κ2) is 19.4. The molecular formula is C27H43ClN6O6. The maximum atomic E-state index is 11.7. The molecule has 0 saturated heterocycles. The van der Waals surface area contributed by atoms with Gasteiger partial charge in [-0.1, -0.05) is 21.3 Å². The van der Waals surface area contributed by atoms with Crippen molar-refractivity contribution in [3.8, 4) is 0 Å². The van der Waals surface area contributed by atoms with Crippen LogP contribution in [0.1, 0.15) is 43.5 Å². The van der Waals surface area contributed by atoms with E-state index in [1.54, 1.807) is 46.7 Å². The molecule has 0 bridgehead atoms. The van der Waals surface area contributed by atoms with Crippen molar-refractivity contribution in [2.45, 2.75) is 49.0 Å². The van der Waals surface area contributed by atoms with Gasteiger partial charge in [0.2, 0.25) is 11.8 Å². The zero-order chi connectivity index (χ0) is 30.3. The number of hydrogen-bond acceptors (Lipinski definition) is 8. The molecule has 40 heavy (non-hydrogen) atoms. The number of alkyl halides is 1. The average molecular weight is 583 g/mol. The molecule has 3 N–H and O–H groups in total. The van der Waals surface area contributed by atoms with Crippen LogP contribution < -0.4 is 16.0 Å². The summed E-state index contributed by atoms with van der Waals surface area (Å²) in [6.07, 6.45) is 0. The number of nitrogens with one attached hydrogen (secondary N) is 3. The van der Waals surface area contributed by atoms with Crippen molar-refractivity contribution >= 4 is 46.2 Å². The minimum absolute atomic E-state index is 0. The van der Waals surface area contributed by atoms with Gasteiger partial charge >= 0.3 is 0 Å². The summed E-state index contributed by atoms with van der Waals surface area (Å²) < 4.78 is 0. The molecule has 0 aliphatic heterocycles. The smallest absolute Gasteiger partial charge is 0.270 e. The van der Waals surface area contributed by atoms with Gasteiger partial charge in [-0.15, -0.1) is 11.6 Å². The molecular weight excluding hydrogens is 540 g/mol. The fraction of sp³-hybridized carbons (Fsp3) is 0.481. The number of amides is 2. The van der Waals surface area contributed by atoms with Gasteiger partial charge in [0, 0.05) is 35.6 Å². The molecule has 2 aromatic rings. The van der Waals surface area contributed by atoms with Crippen LogP contribution in [-0.4, -0.2) is 66.2 Å². The number of carbonyl (C=O) groups is 2. The monoisotopic (exact) mass is 582 g/mol. The quantitative estimate of drug-likeness (QED) is 0.202. The van der Waals surface area contributed by atoms with E-state index in [-0.39, 0.29) is 43.0 Å². The van der Waals surface area contributed by atoms with Crippen LogP contribution in [0.4, 0.5) is 22.7 Å². The van der Waals surface area contributed by atoms with Crippen molar-refractivity contribution in [1.82, 2.24) is 10.2 Å². The highest BCUT2D eigenvalue weighted by Gasteiger charge is 2.15. The van der Waals surface area contributed by atoms with Crippen molar-refractivity contribution in [2.24, 2.45) is 0 Å². The molecule has 0 unspecified atom stereocenters. The predicted molar refractivity (Wildman–Crippen MR) is 163 cm³/mol.